The minimum Gasteiger partial charge on any atom is -0.310 e. The lowest BCUT2D eigenvalue weighted by Crippen LogP contribution is -2.14. The van der Waals surface area contributed by atoms with E-state index in [1.807, 2.05) is 123 Å². The van der Waals surface area contributed by atoms with Gasteiger partial charge in [-0.25, -0.2) is 17.6 Å². The number of nitrogens with zero attached hydrogens (tertiary/aromatic N) is 2. The van der Waals surface area contributed by atoms with Gasteiger partial charge in [0.05, 0.1) is 11.4 Å². The first-order chi connectivity index (χ1) is 31.5. The highest BCUT2D eigenvalue weighted by Gasteiger charge is 2.30. The Kier molecular flexibility index (Phi) is 10.2. The van der Waals surface area contributed by atoms with Crippen molar-refractivity contribution >= 4 is 88.0 Å². The van der Waals surface area contributed by atoms with E-state index in [4.69, 9.17) is 0 Å². The van der Waals surface area contributed by atoms with E-state index in [2.05, 4.69) is 99.9 Å². The summed E-state index contributed by atoms with van der Waals surface area (Å²) in [5.74, 6) is -6.61. The van der Waals surface area contributed by atoms with Crippen LogP contribution in [-0.4, -0.2) is 0 Å². The second kappa shape index (κ2) is 15.8. The smallest absolute Gasteiger partial charge is 0.198 e. The number of hydrogen-bond donors (Lipinski definition) is 0. The van der Waals surface area contributed by atoms with Gasteiger partial charge < -0.3 is 9.80 Å². The summed E-state index contributed by atoms with van der Waals surface area (Å²) in [6.07, 6.45) is 0. The molecule has 6 heteroatoms. The van der Waals surface area contributed by atoms with Crippen LogP contribution < -0.4 is 9.80 Å². The molecule has 2 nitrogen and oxygen atoms in total. The van der Waals surface area contributed by atoms with Gasteiger partial charge in [-0.15, -0.1) is 0 Å². The summed E-state index contributed by atoms with van der Waals surface area (Å²) in [5.41, 5.74) is 8.95. The van der Waals surface area contributed by atoms with Gasteiger partial charge in [-0.1, -0.05) is 150 Å². The van der Waals surface area contributed by atoms with Crippen LogP contribution in [0.15, 0.2) is 158 Å². The molecule has 0 unspecified atom stereocenters. The third-order valence-electron chi connectivity index (χ3n) is 13.2. The monoisotopic (exact) mass is 874 g/mol. The fraction of sp³-hybridized carbons (Fsp3) is 0.167. The highest BCUT2D eigenvalue weighted by atomic mass is 19.2. The summed E-state index contributed by atoms with van der Waals surface area (Å²) in [5, 5.41) is 4.24. The first-order valence-corrected chi connectivity index (χ1v) is 22.4. The molecule has 0 saturated heterocycles. The minimum atomic E-state index is -1.86. The lowest BCUT2D eigenvalue weighted by atomic mass is 9.86. The predicted octanol–water partition coefficient (Wildman–Crippen LogP) is 18.2. The highest BCUT2D eigenvalue weighted by molar-refractivity contribution is 6.39. The minimum absolute atomic E-state index is 0.0968. The Morgan fingerprint density at radius 2 is 0.606 bits per heavy atom. The van der Waals surface area contributed by atoms with E-state index in [9.17, 15) is 0 Å². The van der Waals surface area contributed by atoms with E-state index in [-0.39, 0.29) is 32.4 Å². The van der Waals surface area contributed by atoms with E-state index >= 15 is 17.6 Å². The van der Waals surface area contributed by atoms with E-state index in [1.54, 1.807) is 0 Å². The summed E-state index contributed by atoms with van der Waals surface area (Å²) in [6, 6.07) is 52.4. The molecular formula is C60H50F4N2. The SMILES string of the molecule is Cc1ccc(N(c2ccc(C(C)(C)C)cc2)c2cc3c4c(F)c(F)c(F)c(F)c4c4cc(N(c5ccc(C)cc5)c5ccc(C(C)(C)C)cc5)c5ccccc5c4c3c3ccccc23)cc1. The largest absolute Gasteiger partial charge is 0.310 e. The van der Waals surface area contributed by atoms with Crippen molar-refractivity contribution in [3.63, 3.8) is 0 Å². The van der Waals surface area contributed by atoms with Crippen molar-refractivity contribution in [1.82, 2.24) is 0 Å². The lowest BCUT2D eigenvalue weighted by Gasteiger charge is -2.30. The summed E-state index contributed by atoms with van der Waals surface area (Å²) >= 11 is 0. The van der Waals surface area contributed by atoms with E-state index in [0.29, 0.717) is 22.1 Å². The molecule has 0 bridgehead atoms. The van der Waals surface area contributed by atoms with Gasteiger partial charge in [0.2, 0.25) is 0 Å². The van der Waals surface area contributed by atoms with Crippen LogP contribution in [0.25, 0.3) is 53.9 Å². The molecule has 0 N–H and O–H groups in total. The van der Waals surface area contributed by atoms with E-state index < -0.39 is 23.3 Å². The normalized spacial score (nSPS) is 12.2. The average molecular weight is 875 g/mol. The van der Waals surface area contributed by atoms with Crippen molar-refractivity contribution in [2.75, 3.05) is 9.80 Å². The Labute approximate surface area is 383 Å². The molecule has 0 fully saturated rings. The number of hydrogen-bond acceptors (Lipinski definition) is 2. The fourth-order valence-corrected chi connectivity index (χ4v) is 9.62. The molecular weight excluding hydrogens is 825 g/mol. The number of benzene rings is 10. The average Bonchev–Trinajstić information content (AvgIpc) is 3.30. The van der Waals surface area contributed by atoms with Crippen molar-refractivity contribution in [3.05, 3.63) is 203 Å². The Morgan fingerprint density at radius 3 is 0.909 bits per heavy atom. The summed E-state index contributed by atoms with van der Waals surface area (Å²) in [7, 11) is 0. The first kappa shape index (κ1) is 42.8. The van der Waals surface area contributed by atoms with Crippen molar-refractivity contribution in [1.29, 1.82) is 0 Å². The molecule has 0 atom stereocenters. The maximum absolute atomic E-state index is 17.1. The summed E-state index contributed by atoms with van der Waals surface area (Å²) < 4.78 is 66.2. The summed E-state index contributed by atoms with van der Waals surface area (Å²) in [6.45, 7) is 17.0. The van der Waals surface area contributed by atoms with Gasteiger partial charge in [-0.05, 0) is 129 Å². The van der Waals surface area contributed by atoms with Crippen molar-refractivity contribution in [3.8, 4) is 0 Å². The molecule has 0 amide bonds. The lowest BCUT2D eigenvalue weighted by molar-refractivity contribution is 0.418. The van der Waals surface area contributed by atoms with Crippen LogP contribution in [0.1, 0.15) is 63.8 Å². The molecule has 0 saturated carbocycles. The zero-order chi connectivity index (χ0) is 46.4. The third kappa shape index (κ3) is 7.02. The van der Waals surface area contributed by atoms with Crippen LogP contribution in [0.3, 0.4) is 0 Å². The number of fused-ring (bicyclic) bond motifs is 10. The maximum atomic E-state index is 17.1. The second-order valence-corrected chi connectivity index (χ2v) is 19.7. The van der Waals surface area contributed by atoms with Gasteiger partial charge in [0, 0.05) is 44.3 Å². The Hall–Kier alpha value is -7.18. The third-order valence-corrected chi connectivity index (χ3v) is 13.2. The zero-order valence-electron chi connectivity index (χ0n) is 38.4. The zero-order valence-corrected chi connectivity index (χ0v) is 38.4. The van der Waals surface area contributed by atoms with Gasteiger partial charge in [0.25, 0.3) is 0 Å². The van der Waals surface area contributed by atoms with Crippen LogP contribution in [-0.2, 0) is 10.8 Å². The predicted molar refractivity (Wildman–Crippen MR) is 270 cm³/mol. The standard InChI is InChI=1S/C60H50F4N2/c1-35-17-25-39(26-18-35)65(41-29-21-37(22-30-41)59(3,4)5)49-33-47-51(45-15-11-9-13-43(45)49)52-46-16-12-10-14-44(46)50(34-48(52)54-53(47)55(61)57(63)58(64)56(54)62)66(40-27-19-36(2)20-28-40)42-31-23-38(24-32-42)60(6,7)8/h9-34H,1-8H3. The van der Waals surface area contributed by atoms with Crippen LogP contribution >= 0.6 is 0 Å². The van der Waals surface area contributed by atoms with Gasteiger partial charge in [0.15, 0.2) is 23.3 Å². The van der Waals surface area contributed by atoms with Crippen LogP contribution in [0.4, 0.5) is 51.7 Å². The van der Waals surface area contributed by atoms with Crippen LogP contribution in [0, 0.1) is 37.1 Å². The van der Waals surface area contributed by atoms with Gasteiger partial charge >= 0.3 is 0 Å². The molecule has 0 aliphatic heterocycles. The van der Waals surface area contributed by atoms with Gasteiger partial charge in [-0.2, -0.15) is 0 Å². The van der Waals surface area contributed by atoms with E-state index in [1.165, 1.54) is 0 Å². The van der Waals surface area contributed by atoms with Gasteiger partial charge in [0.1, 0.15) is 0 Å². The Morgan fingerprint density at radius 1 is 0.318 bits per heavy atom. The Bertz CT molecular complexity index is 3290. The number of rotatable bonds is 6. The molecule has 10 rings (SSSR count). The molecule has 66 heavy (non-hydrogen) atoms. The molecule has 0 aromatic heterocycles. The molecule has 10 aromatic rings. The molecule has 0 spiro atoms. The van der Waals surface area contributed by atoms with Crippen molar-refractivity contribution in [2.45, 2.75) is 66.2 Å². The Balaban J connectivity index is 1.38. The first-order valence-electron chi connectivity index (χ1n) is 22.4. The van der Waals surface area contributed by atoms with Gasteiger partial charge in [-0.3, -0.25) is 0 Å². The molecule has 0 aliphatic rings. The van der Waals surface area contributed by atoms with Crippen molar-refractivity contribution in [2.24, 2.45) is 0 Å². The molecule has 10 aromatic carbocycles. The van der Waals surface area contributed by atoms with E-state index in [0.717, 1.165) is 66.5 Å². The number of aryl methyl sites for hydroxylation is 2. The van der Waals surface area contributed by atoms with Crippen molar-refractivity contribution < 1.29 is 17.6 Å². The molecule has 328 valence electrons. The fourth-order valence-electron chi connectivity index (χ4n) is 9.62. The maximum Gasteiger partial charge on any atom is 0.198 e. The molecule has 0 radical (unpaired) electrons. The second-order valence-electron chi connectivity index (χ2n) is 19.7. The number of anilines is 6. The van der Waals surface area contributed by atoms with Crippen LogP contribution in [0.2, 0.25) is 0 Å². The summed E-state index contributed by atoms with van der Waals surface area (Å²) in [4.78, 5) is 4.20. The topological polar surface area (TPSA) is 6.48 Å². The number of halogens is 4. The molecule has 0 heterocycles. The molecule has 0 aliphatic carbocycles. The highest BCUT2D eigenvalue weighted by Crippen LogP contribution is 2.52. The quantitative estimate of drug-likeness (QED) is 0.0711. The van der Waals surface area contributed by atoms with Crippen LogP contribution in [0.5, 0.6) is 0 Å².